The fraction of sp³-hybridized carbons (Fsp3) is 0.852. The minimum Gasteiger partial charge on any atom is -0.0999 e. The standard InChI is InChI=1S/C27H48/c1-5-6-7-8-9-10-11-12-13-14-15-17-25-18-16-19-26-21-20-24(23(2)3)22-27(25,26)4/h19,24-25H,2,5-18,20-22H2,1,3-4H3. The molecule has 0 heteroatoms. The first-order valence-electron chi connectivity index (χ1n) is 12.4. The molecule has 156 valence electrons. The SMILES string of the molecule is C=C(C)C1CCC2=CCCC(CCCCCCCCCCCCC)C2(C)C1. The summed E-state index contributed by atoms with van der Waals surface area (Å²) < 4.78 is 0. The molecule has 2 rings (SSSR count). The molecule has 0 N–H and O–H groups in total. The highest BCUT2D eigenvalue weighted by Crippen LogP contribution is 2.54. The average Bonchev–Trinajstić information content (AvgIpc) is 2.65. The van der Waals surface area contributed by atoms with Gasteiger partial charge in [0.05, 0.1) is 0 Å². The average molecular weight is 373 g/mol. The molecule has 0 aromatic carbocycles. The molecule has 3 atom stereocenters. The number of allylic oxidation sites excluding steroid dienone is 3. The van der Waals surface area contributed by atoms with Gasteiger partial charge in [0.1, 0.15) is 0 Å². The molecule has 0 radical (unpaired) electrons. The van der Waals surface area contributed by atoms with Crippen LogP contribution in [-0.2, 0) is 0 Å². The van der Waals surface area contributed by atoms with E-state index < -0.39 is 0 Å². The summed E-state index contributed by atoms with van der Waals surface area (Å²) in [7, 11) is 0. The Kier molecular flexibility index (Phi) is 10.2. The van der Waals surface area contributed by atoms with Crippen LogP contribution in [0.5, 0.6) is 0 Å². The molecule has 2 aliphatic carbocycles. The van der Waals surface area contributed by atoms with Gasteiger partial charge in [-0.05, 0) is 62.7 Å². The largest absolute Gasteiger partial charge is 0.0999 e. The molecule has 2 aliphatic rings. The van der Waals surface area contributed by atoms with Crippen molar-refractivity contribution in [3.8, 4) is 0 Å². The van der Waals surface area contributed by atoms with E-state index in [1.165, 1.54) is 115 Å². The summed E-state index contributed by atoms with van der Waals surface area (Å²) >= 11 is 0. The molecule has 0 aromatic heterocycles. The van der Waals surface area contributed by atoms with Crippen molar-refractivity contribution in [1.82, 2.24) is 0 Å². The van der Waals surface area contributed by atoms with Crippen LogP contribution in [0.15, 0.2) is 23.8 Å². The highest BCUT2D eigenvalue weighted by Gasteiger charge is 2.43. The number of unbranched alkanes of at least 4 members (excludes halogenated alkanes) is 10. The zero-order valence-corrected chi connectivity index (χ0v) is 19.0. The lowest BCUT2D eigenvalue weighted by atomic mass is 9.56. The quantitative estimate of drug-likeness (QED) is 0.223. The van der Waals surface area contributed by atoms with E-state index in [1.54, 1.807) is 5.57 Å². The Morgan fingerprint density at radius 3 is 2.15 bits per heavy atom. The second kappa shape index (κ2) is 12.1. The van der Waals surface area contributed by atoms with Gasteiger partial charge < -0.3 is 0 Å². The Hall–Kier alpha value is -0.520. The third-order valence-electron chi connectivity index (χ3n) is 7.83. The molecule has 1 fully saturated rings. The summed E-state index contributed by atoms with van der Waals surface area (Å²) in [4.78, 5) is 0. The van der Waals surface area contributed by atoms with E-state index in [0.29, 0.717) is 5.41 Å². The third-order valence-corrected chi connectivity index (χ3v) is 7.83. The minimum absolute atomic E-state index is 0.485. The maximum absolute atomic E-state index is 4.28. The lowest BCUT2D eigenvalue weighted by molar-refractivity contribution is 0.127. The van der Waals surface area contributed by atoms with Gasteiger partial charge in [-0.25, -0.2) is 0 Å². The highest BCUT2D eigenvalue weighted by molar-refractivity contribution is 5.23. The second-order valence-electron chi connectivity index (χ2n) is 10.0. The van der Waals surface area contributed by atoms with Crippen molar-refractivity contribution in [1.29, 1.82) is 0 Å². The van der Waals surface area contributed by atoms with E-state index in [0.717, 1.165) is 11.8 Å². The Bertz CT molecular complexity index is 457. The van der Waals surface area contributed by atoms with Crippen molar-refractivity contribution in [3.05, 3.63) is 23.8 Å². The van der Waals surface area contributed by atoms with Crippen LogP contribution in [0, 0.1) is 17.3 Å². The van der Waals surface area contributed by atoms with E-state index >= 15 is 0 Å². The maximum atomic E-state index is 4.28. The molecule has 0 bridgehead atoms. The summed E-state index contributed by atoms with van der Waals surface area (Å²) in [5, 5.41) is 0. The van der Waals surface area contributed by atoms with Crippen LogP contribution >= 0.6 is 0 Å². The first-order chi connectivity index (χ1) is 13.1. The Labute approximate surface area is 171 Å². The van der Waals surface area contributed by atoms with E-state index in [4.69, 9.17) is 0 Å². The molecule has 0 heterocycles. The van der Waals surface area contributed by atoms with Gasteiger partial charge in [-0.2, -0.15) is 0 Å². The van der Waals surface area contributed by atoms with Crippen LogP contribution < -0.4 is 0 Å². The van der Waals surface area contributed by atoms with Crippen LogP contribution in [0.25, 0.3) is 0 Å². The lowest BCUT2D eigenvalue weighted by Crippen LogP contribution is -2.37. The number of hydrogen-bond donors (Lipinski definition) is 0. The number of fused-ring (bicyclic) bond motifs is 1. The van der Waals surface area contributed by atoms with Crippen molar-refractivity contribution in [2.75, 3.05) is 0 Å². The molecule has 0 aliphatic heterocycles. The van der Waals surface area contributed by atoms with E-state index in [9.17, 15) is 0 Å². The molecule has 27 heavy (non-hydrogen) atoms. The molecule has 0 nitrogen and oxygen atoms in total. The first kappa shape index (κ1) is 22.8. The number of hydrogen-bond acceptors (Lipinski definition) is 0. The normalized spacial score (nSPS) is 27.9. The van der Waals surface area contributed by atoms with E-state index in [1.807, 2.05) is 0 Å². The Morgan fingerprint density at radius 2 is 1.56 bits per heavy atom. The van der Waals surface area contributed by atoms with Crippen molar-refractivity contribution in [2.45, 2.75) is 130 Å². The van der Waals surface area contributed by atoms with Gasteiger partial charge >= 0.3 is 0 Å². The van der Waals surface area contributed by atoms with E-state index in [-0.39, 0.29) is 0 Å². The predicted molar refractivity (Wildman–Crippen MR) is 122 cm³/mol. The van der Waals surface area contributed by atoms with Crippen LogP contribution in [-0.4, -0.2) is 0 Å². The lowest BCUT2D eigenvalue weighted by Gasteiger charge is -2.49. The van der Waals surface area contributed by atoms with Crippen molar-refractivity contribution < 1.29 is 0 Å². The fourth-order valence-electron chi connectivity index (χ4n) is 5.84. The van der Waals surface area contributed by atoms with Crippen LogP contribution in [0.4, 0.5) is 0 Å². The predicted octanol–water partition coefficient (Wildman–Crippen LogP) is 9.41. The summed E-state index contributed by atoms with van der Waals surface area (Å²) in [6.07, 6.45) is 26.9. The Morgan fingerprint density at radius 1 is 0.963 bits per heavy atom. The summed E-state index contributed by atoms with van der Waals surface area (Å²) in [6.45, 7) is 11.4. The van der Waals surface area contributed by atoms with Gasteiger partial charge in [-0.3, -0.25) is 0 Å². The van der Waals surface area contributed by atoms with Crippen molar-refractivity contribution in [2.24, 2.45) is 17.3 Å². The third kappa shape index (κ3) is 7.10. The summed E-state index contributed by atoms with van der Waals surface area (Å²) in [5.41, 5.74) is 3.71. The monoisotopic (exact) mass is 372 g/mol. The zero-order valence-electron chi connectivity index (χ0n) is 19.0. The first-order valence-corrected chi connectivity index (χ1v) is 12.4. The second-order valence-corrected chi connectivity index (χ2v) is 10.0. The van der Waals surface area contributed by atoms with Crippen molar-refractivity contribution in [3.63, 3.8) is 0 Å². The summed E-state index contributed by atoms with van der Waals surface area (Å²) in [6, 6.07) is 0. The molecular weight excluding hydrogens is 324 g/mol. The topological polar surface area (TPSA) is 0 Å². The van der Waals surface area contributed by atoms with Crippen LogP contribution in [0.1, 0.15) is 130 Å². The molecule has 0 spiro atoms. The van der Waals surface area contributed by atoms with Gasteiger partial charge in [0.15, 0.2) is 0 Å². The molecule has 0 aromatic rings. The Balaban J connectivity index is 1.61. The van der Waals surface area contributed by atoms with E-state index in [2.05, 4.69) is 33.4 Å². The van der Waals surface area contributed by atoms with Gasteiger partial charge in [0.25, 0.3) is 0 Å². The minimum atomic E-state index is 0.485. The van der Waals surface area contributed by atoms with Gasteiger partial charge in [0, 0.05) is 0 Å². The number of rotatable bonds is 13. The molecule has 0 saturated heterocycles. The van der Waals surface area contributed by atoms with Crippen LogP contribution in [0.2, 0.25) is 0 Å². The van der Waals surface area contributed by atoms with Crippen molar-refractivity contribution >= 4 is 0 Å². The smallest absolute Gasteiger partial charge is 0.00824 e. The fourth-order valence-corrected chi connectivity index (χ4v) is 5.84. The van der Waals surface area contributed by atoms with Gasteiger partial charge in [-0.1, -0.05) is 108 Å². The zero-order chi connectivity index (χ0) is 19.5. The summed E-state index contributed by atoms with van der Waals surface area (Å²) in [5.74, 6) is 1.70. The van der Waals surface area contributed by atoms with Gasteiger partial charge in [0.2, 0.25) is 0 Å². The molecular formula is C27H48. The van der Waals surface area contributed by atoms with Gasteiger partial charge in [-0.15, -0.1) is 0 Å². The molecule has 1 saturated carbocycles. The van der Waals surface area contributed by atoms with Crippen LogP contribution in [0.3, 0.4) is 0 Å². The molecule has 3 unspecified atom stereocenters. The molecule has 0 amide bonds. The highest BCUT2D eigenvalue weighted by atomic mass is 14.5. The maximum Gasteiger partial charge on any atom is -0.00824 e.